The van der Waals surface area contributed by atoms with Crippen molar-refractivity contribution < 1.29 is 14.3 Å². The molecule has 1 heterocycles. The lowest BCUT2D eigenvalue weighted by Gasteiger charge is -2.23. The minimum Gasteiger partial charge on any atom is -0.490 e. The summed E-state index contributed by atoms with van der Waals surface area (Å²) in [4.78, 5) is 12.5. The third-order valence-corrected chi connectivity index (χ3v) is 3.89. The van der Waals surface area contributed by atoms with Gasteiger partial charge >= 0.3 is 0 Å². The second kappa shape index (κ2) is 8.03. The molecule has 1 amide bonds. The van der Waals surface area contributed by atoms with Gasteiger partial charge in [-0.1, -0.05) is 32.9 Å². The van der Waals surface area contributed by atoms with Gasteiger partial charge in [-0.05, 0) is 39.8 Å². The van der Waals surface area contributed by atoms with Crippen LogP contribution in [0.5, 0.6) is 11.5 Å². The highest BCUT2D eigenvalue weighted by Gasteiger charge is 2.25. The third kappa shape index (κ3) is 5.49. The molecule has 0 aliphatic carbocycles. The van der Waals surface area contributed by atoms with Gasteiger partial charge in [-0.15, -0.1) is 0 Å². The molecule has 0 fully saturated rings. The van der Waals surface area contributed by atoms with Crippen molar-refractivity contribution in [2.45, 2.75) is 59.4 Å². The van der Waals surface area contributed by atoms with Crippen molar-refractivity contribution in [3.05, 3.63) is 36.0 Å². The van der Waals surface area contributed by atoms with E-state index in [2.05, 4.69) is 46.9 Å². The highest BCUT2D eigenvalue weighted by atomic mass is 16.5. The van der Waals surface area contributed by atoms with Gasteiger partial charge in [0.2, 0.25) is 0 Å². The summed E-state index contributed by atoms with van der Waals surface area (Å²) < 4.78 is 13.0. The minimum atomic E-state index is -0.255. The fourth-order valence-electron chi connectivity index (χ4n) is 2.51. The van der Waals surface area contributed by atoms with E-state index in [0.29, 0.717) is 23.9 Å². The molecule has 1 aromatic heterocycles. The molecule has 0 atom stereocenters. The van der Waals surface area contributed by atoms with Gasteiger partial charge in [0.05, 0.1) is 17.8 Å². The Morgan fingerprint density at radius 3 is 2.19 bits per heavy atom. The number of nitrogens with one attached hydrogen (secondary N) is 1. The van der Waals surface area contributed by atoms with Gasteiger partial charge in [0, 0.05) is 11.5 Å². The molecule has 0 saturated carbocycles. The van der Waals surface area contributed by atoms with E-state index in [0.717, 1.165) is 5.69 Å². The lowest BCUT2D eigenvalue weighted by atomic mass is 9.92. The zero-order valence-corrected chi connectivity index (χ0v) is 17.4. The number of benzene rings is 1. The van der Waals surface area contributed by atoms with Crippen LogP contribution in [0.15, 0.2) is 30.3 Å². The second-order valence-corrected chi connectivity index (χ2v) is 8.46. The smallest absolute Gasteiger partial charge is 0.263 e. The van der Waals surface area contributed by atoms with E-state index in [-0.39, 0.29) is 23.5 Å². The van der Waals surface area contributed by atoms with E-state index in [9.17, 15) is 4.79 Å². The monoisotopic (exact) mass is 373 g/mol. The zero-order chi connectivity index (χ0) is 20.2. The van der Waals surface area contributed by atoms with Crippen molar-refractivity contribution in [3.8, 4) is 11.5 Å². The Balaban J connectivity index is 2.13. The van der Waals surface area contributed by atoms with Gasteiger partial charge in [0.15, 0.2) is 18.1 Å². The topological polar surface area (TPSA) is 65.4 Å². The standard InChI is InChI=1S/C21H31N3O3/c1-8-26-15-11-9-10-12-16(15)27-14-19(25)22-18-13-17(20(2,3)4)23-24(18)21(5,6)7/h9-13H,8,14H2,1-7H3,(H,22,25). The normalized spacial score (nSPS) is 12.0. The lowest BCUT2D eigenvalue weighted by molar-refractivity contribution is -0.118. The van der Waals surface area contributed by atoms with Crippen LogP contribution in [0.2, 0.25) is 0 Å². The summed E-state index contributed by atoms with van der Waals surface area (Å²) in [5.74, 6) is 1.60. The summed E-state index contributed by atoms with van der Waals surface area (Å²) in [6.07, 6.45) is 0. The Kier molecular flexibility index (Phi) is 6.19. The van der Waals surface area contributed by atoms with Crippen LogP contribution >= 0.6 is 0 Å². The summed E-state index contributed by atoms with van der Waals surface area (Å²) in [5, 5.41) is 7.63. The Bertz CT molecular complexity index is 783. The van der Waals surface area contributed by atoms with Crippen LogP contribution in [0, 0.1) is 0 Å². The molecule has 0 unspecified atom stereocenters. The highest BCUT2D eigenvalue weighted by molar-refractivity contribution is 5.91. The van der Waals surface area contributed by atoms with E-state index in [1.165, 1.54) is 0 Å². The minimum absolute atomic E-state index is 0.107. The van der Waals surface area contributed by atoms with Crippen molar-refractivity contribution in [2.75, 3.05) is 18.5 Å². The molecule has 0 saturated heterocycles. The van der Waals surface area contributed by atoms with Gasteiger partial charge in [0.1, 0.15) is 5.82 Å². The van der Waals surface area contributed by atoms with Crippen LogP contribution < -0.4 is 14.8 Å². The van der Waals surface area contributed by atoms with E-state index in [1.54, 1.807) is 6.07 Å². The number of ether oxygens (including phenoxy) is 2. The summed E-state index contributed by atoms with van der Waals surface area (Å²) in [6, 6.07) is 9.25. The van der Waals surface area contributed by atoms with Crippen molar-refractivity contribution >= 4 is 11.7 Å². The van der Waals surface area contributed by atoms with E-state index in [4.69, 9.17) is 14.6 Å². The van der Waals surface area contributed by atoms with Crippen LogP contribution in [-0.4, -0.2) is 28.9 Å². The average Bonchev–Trinajstić information content (AvgIpc) is 2.99. The molecule has 27 heavy (non-hydrogen) atoms. The number of hydrogen-bond donors (Lipinski definition) is 1. The molecule has 0 spiro atoms. The quantitative estimate of drug-likeness (QED) is 0.817. The first-order chi connectivity index (χ1) is 12.5. The first-order valence-corrected chi connectivity index (χ1v) is 9.28. The molecule has 6 heteroatoms. The van der Waals surface area contributed by atoms with Gasteiger partial charge in [-0.25, -0.2) is 4.68 Å². The van der Waals surface area contributed by atoms with Crippen LogP contribution in [0.1, 0.15) is 54.2 Å². The van der Waals surface area contributed by atoms with Crippen LogP contribution in [0.3, 0.4) is 0 Å². The number of hydrogen-bond acceptors (Lipinski definition) is 4. The van der Waals surface area contributed by atoms with Crippen molar-refractivity contribution in [1.29, 1.82) is 0 Å². The van der Waals surface area contributed by atoms with Crippen molar-refractivity contribution in [2.24, 2.45) is 0 Å². The van der Waals surface area contributed by atoms with Crippen LogP contribution in [-0.2, 0) is 15.7 Å². The molecule has 2 rings (SSSR count). The average molecular weight is 373 g/mol. The molecule has 0 radical (unpaired) electrons. The van der Waals surface area contributed by atoms with Crippen LogP contribution in [0.4, 0.5) is 5.82 Å². The second-order valence-electron chi connectivity index (χ2n) is 8.46. The molecule has 0 aliphatic rings. The Hall–Kier alpha value is -2.50. The molecular weight excluding hydrogens is 342 g/mol. The summed E-state index contributed by atoms with van der Waals surface area (Å²) >= 11 is 0. The number of amides is 1. The van der Waals surface area contributed by atoms with E-state index < -0.39 is 0 Å². The maximum absolute atomic E-state index is 12.5. The predicted molar refractivity (Wildman–Crippen MR) is 108 cm³/mol. The van der Waals surface area contributed by atoms with Crippen molar-refractivity contribution in [3.63, 3.8) is 0 Å². The van der Waals surface area contributed by atoms with Crippen molar-refractivity contribution in [1.82, 2.24) is 9.78 Å². The van der Waals surface area contributed by atoms with Crippen LogP contribution in [0.25, 0.3) is 0 Å². The first-order valence-electron chi connectivity index (χ1n) is 9.28. The SMILES string of the molecule is CCOc1ccccc1OCC(=O)Nc1cc(C(C)(C)C)nn1C(C)(C)C. The molecule has 1 aromatic carbocycles. The van der Waals surface area contributed by atoms with Gasteiger partial charge < -0.3 is 14.8 Å². The van der Waals surface area contributed by atoms with Gasteiger partial charge in [-0.3, -0.25) is 4.79 Å². The van der Waals surface area contributed by atoms with E-state index >= 15 is 0 Å². The highest BCUT2D eigenvalue weighted by Crippen LogP contribution is 2.29. The van der Waals surface area contributed by atoms with E-state index in [1.807, 2.05) is 35.9 Å². The number of carbonyl (C=O) groups excluding carboxylic acids is 1. The fraction of sp³-hybridized carbons (Fsp3) is 0.524. The molecule has 0 aliphatic heterocycles. The Morgan fingerprint density at radius 1 is 1.07 bits per heavy atom. The third-order valence-electron chi connectivity index (χ3n) is 3.89. The van der Waals surface area contributed by atoms with Gasteiger partial charge in [0.25, 0.3) is 5.91 Å². The summed E-state index contributed by atoms with van der Waals surface area (Å²) in [5.41, 5.74) is 0.563. The number of para-hydroxylation sites is 2. The Morgan fingerprint density at radius 2 is 1.67 bits per heavy atom. The maximum Gasteiger partial charge on any atom is 0.263 e. The molecule has 0 bridgehead atoms. The number of nitrogens with zero attached hydrogens (tertiary/aromatic N) is 2. The summed E-state index contributed by atoms with van der Waals surface area (Å²) in [7, 11) is 0. The van der Waals surface area contributed by atoms with Gasteiger partial charge in [-0.2, -0.15) is 5.10 Å². The molecule has 148 valence electrons. The molecule has 2 aromatic rings. The molecule has 6 nitrogen and oxygen atoms in total. The number of aromatic nitrogens is 2. The maximum atomic E-state index is 12.5. The molecular formula is C21H31N3O3. The molecule has 1 N–H and O–H groups in total. The Labute approximate surface area is 161 Å². The fourth-order valence-corrected chi connectivity index (χ4v) is 2.51. The number of rotatable bonds is 6. The predicted octanol–water partition coefficient (Wildman–Crippen LogP) is 4.35. The largest absolute Gasteiger partial charge is 0.490 e. The summed E-state index contributed by atoms with van der Waals surface area (Å²) in [6.45, 7) is 14.8. The lowest BCUT2D eigenvalue weighted by Crippen LogP contribution is -2.28. The number of anilines is 1. The zero-order valence-electron chi connectivity index (χ0n) is 17.4. The number of carbonyl (C=O) groups is 1. The first kappa shape index (κ1) is 20.8.